The van der Waals surface area contributed by atoms with Crippen LogP contribution in [0.1, 0.15) is 35.0 Å². The van der Waals surface area contributed by atoms with E-state index in [2.05, 4.69) is 29.8 Å². The van der Waals surface area contributed by atoms with Crippen molar-refractivity contribution in [2.75, 3.05) is 19.6 Å². The van der Waals surface area contributed by atoms with Crippen molar-refractivity contribution in [1.82, 2.24) is 10.2 Å². The van der Waals surface area contributed by atoms with Crippen LogP contribution in [0.5, 0.6) is 0 Å². The van der Waals surface area contributed by atoms with E-state index in [4.69, 9.17) is 4.42 Å². The number of likely N-dealkylation sites (tertiary alicyclic amines) is 1. The second-order valence-electron chi connectivity index (χ2n) is 6.38. The molecule has 2 aromatic heterocycles. The standard InChI is InChI=1S/C18H24N2O2S/c1-14(11-17-3-2-10-23-17)12-19-16-4-7-20(8-5-16)18(21)15-6-9-22-13-15/h2-3,6,9-10,13-14,16,19H,4-5,7-8,11-12H2,1H3/t14-/m1/s1. The normalized spacial score (nSPS) is 17.3. The molecule has 0 bridgehead atoms. The summed E-state index contributed by atoms with van der Waals surface area (Å²) in [5.74, 6) is 0.725. The third kappa shape index (κ3) is 4.45. The van der Waals surface area contributed by atoms with Crippen LogP contribution in [-0.2, 0) is 6.42 Å². The van der Waals surface area contributed by atoms with E-state index in [1.54, 1.807) is 12.3 Å². The van der Waals surface area contributed by atoms with E-state index in [1.807, 2.05) is 16.2 Å². The largest absolute Gasteiger partial charge is 0.472 e. The van der Waals surface area contributed by atoms with E-state index in [0.717, 1.165) is 38.9 Å². The number of carbonyl (C=O) groups is 1. The smallest absolute Gasteiger partial charge is 0.257 e. The maximum atomic E-state index is 12.3. The van der Waals surface area contributed by atoms with Gasteiger partial charge in [-0.2, -0.15) is 0 Å². The Morgan fingerprint density at radius 2 is 2.26 bits per heavy atom. The molecule has 0 radical (unpaired) electrons. The van der Waals surface area contributed by atoms with Crippen LogP contribution in [0.3, 0.4) is 0 Å². The van der Waals surface area contributed by atoms with Crippen LogP contribution in [0.25, 0.3) is 0 Å². The molecule has 1 amide bonds. The van der Waals surface area contributed by atoms with Gasteiger partial charge in [0.2, 0.25) is 0 Å². The lowest BCUT2D eigenvalue weighted by molar-refractivity contribution is 0.0703. The van der Waals surface area contributed by atoms with Gasteiger partial charge in [0.1, 0.15) is 6.26 Å². The first-order valence-corrected chi connectivity index (χ1v) is 9.17. The third-order valence-electron chi connectivity index (χ3n) is 4.44. The summed E-state index contributed by atoms with van der Waals surface area (Å²) in [6.07, 6.45) is 6.27. The highest BCUT2D eigenvalue weighted by atomic mass is 32.1. The fourth-order valence-electron chi connectivity index (χ4n) is 3.07. The fourth-order valence-corrected chi connectivity index (χ4v) is 3.94. The Balaban J connectivity index is 1.38. The van der Waals surface area contributed by atoms with Gasteiger partial charge in [-0.15, -0.1) is 11.3 Å². The number of rotatable bonds is 6. The summed E-state index contributed by atoms with van der Waals surface area (Å²) in [7, 11) is 0. The average molecular weight is 332 g/mol. The summed E-state index contributed by atoms with van der Waals surface area (Å²) < 4.78 is 5.00. The summed E-state index contributed by atoms with van der Waals surface area (Å²) in [6, 6.07) is 6.58. The Hall–Kier alpha value is -1.59. The van der Waals surface area contributed by atoms with E-state index >= 15 is 0 Å². The molecule has 0 aliphatic carbocycles. The van der Waals surface area contributed by atoms with Crippen molar-refractivity contribution in [3.63, 3.8) is 0 Å². The van der Waals surface area contributed by atoms with Gasteiger partial charge in [0.15, 0.2) is 0 Å². The number of nitrogens with one attached hydrogen (secondary N) is 1. The minimum absolute atomic E-state index is 0.0864. The maximum absolute atomic E-state index is 12.3. The molecule has 0 spiro atoms. The molecule has 1 saturated heterocycles. The number of hydrogen-bond acceptors (Lipinski definition) is 4. The zero-order valence-electron chi connectivity index (χ0n) is 13.5. The third-order valence-corrected chi connectivity index (χ3v) is 5.33. The van der Waals surface area contributed by atoms with Crippen LogP contribution in [-0.4, -0.2) is 36.5 Å². The van der Waals surface area contributed by atoms with Crippen LogP contribution in [0.15, 0.2) is 40.5 Å². The summed E-state index contributed by atoms with van der Waals surface area (Å²) >= 11 is 1.84. The zero-order valence-corrected chi connectivity index (χ0v) is 14.3. The lowest BCUT2D eigenvalue weighted by atomic mass is 10.0. The first-order chi connectivity index (χ1) is 11.2. The monoisotopic (exact) mass is 332 g/mol. The van der Waals surface area contributed by atoms with Crippen molar-refractivity contribution in [3.8, 4) is 0 Å². The van der Waals surface area contributed by atoms with Gasteiger partial charge in [-0.05, 0) is 49.2 Å². The van der Waals surface area contributed by atoms with Gasteiger partial charge in [0, 0.05) is 24.0 Å². The topological polar surface area (TPSA) is 45.5 Å². The molecule has 4 nitrogen and oxygen atoms in total. The Morgan fingerprint density at radius 3 is 2.91 bits per heavy atom. The SMILES string of the molecule is C[C@@H](CNC1CCN(C(=O)c2ccoc2)CC1)Cc1cccs1. The Morgan fingerprint density at radius 1 is 1.43 bits per heavy atom. The highest BCUT2D eigenvalue weighted by Gasteiger charge is 2.24. The highest BCUT2D eigenvalue weighted by Crippen LogP contribution is 2.16. The Labute approximate surface area is 141 Å². The van der Waals surface area contributed by atoms with Gasteiger partial charge in [0.05, 0.1) is 11.8 Å². The summed E-state index contributed by atoms with van der Waals surface area (Å²) in [6.45, 7) is 4.98. The minimum Gasteiger partial charge on any atom is -0.472 e. The van der Waals surface area contributed by atoms with Crippen LogP contribution in [0, 0.1) is 5.92 Å². The predicted octanol–water partition coefficient (Wildman–Crippen LogP) is 3.41. The molecule has 1 fully saturated rings. The summed E-state index contributed by atoms with van der Waals surface area (Å²) in [5, 5.41) is 5.82. The van der Waals surface area contributed by atoms with Crippen molar-refractivity contribution < 1.29 is 9.21 Å². The predicted molar refractivity (Wildman–Crippen MR) is 92.8 cm³/mol. The van der Waals surface area contributed by atoms with Crippen molar-refractivity contribution in [2.24, 2.45) is 5.92 Å². The second kappa shape index (κ2) is 7.79. The molecule has 2 aromatic rings. The van der Waals surface area contributed by atoms with Crippen molar-refractivity contribution in [1.29, 1.82) is 0 Å². The molecule has 124 valence electrons. The van der Waals surface area contributed by atoms with Crippen LogP contribution in [0.2, 0.25) is 0 Å². The van der Waals surface area contributed by atoms with Crippen molar-refractivity contribution in [3.05, 3.63) is 46.5 Å². The minimum atomic E-state index is 0.0864. The van der Waals surface area contributed by atoms with Gasteiger partial charge in [-0.1, -0.05) is 13.0 Å². The number of carbonyl (C=O) groups excluding carboxylic acids is 1. The molecule has 0 saturated carbocycles. The lowest BCUT2D eigenvalue weighted by Gasteiger charge is -2.32. The van der Waals surface area contributed by atoms with Gasteiger partial charge >= 0.3 is 0 Å². The maximum Gasteiger partial charge on any atom is 0.257 e. The number of thiophene rings is 1. The molecule has 5 heteroatoms. The van der Waals surface area contributed by atoms with Gasteiger partial charge in [-0.25, -0.2) is 0 Å². The van der Waals surface area contributed by atoms with Crippen LogP contribution in [0.4, 0.5) is 0 Å². The first-order valence-electron chi connectivity index (χ1n) is 8.29. The Kier molecular flexibility index (Phi) is 5.51. The molecule has 0 aromatic carbocycles. The van der Waals surface area contributed by atoms with Gasteiger partial charge in [0.25, 0.3) is 5.91 Å². The molecule has 1 aliphatic heterocycles. The van der Waals surface area contributed by atoms with Crippen LogP contribution >= 0.6 is 11.3 Å². The fraction of sp³-hybridized carbons (Fsp3) is 0.500. The number of furan rings is 1. The van der Waals surface area contributed by atoms with Crippen molar-refractivity contribution in [2.45, 2.75) is 32.2 Å². The number of hydrogen-bond donors (Lipinski definition) is 1. The second-order valence-corrected chi connectivity index (χ2v) is 7.41. The average Bonchev–Trinajstić information content (AvgIpc) is 3.26. The number of piperidine rings is 1. The molecule has 1 aliphatic rings. The van der Waals surface area contributed by atoms with E-state index < -0.39 is 0 Å². The van der Waals surface area contributed by atoms with Crippen molar-refractivity contribution >= 4 is 17.2 Å². The van der Waals surface area contributed by atoms with E-state index in [-0.39, 0.29) is 5.91 Å². The van der Waals surface area contributed by atoms with E-state index in [0.29, 0.717) is 17.5 Å². The van der Waals surface area contributed by atoms with E-state index in [9.17, 15) is 4.79 Å². The summed E-state index contributed by atoms with van der Waals surface area (Å²) in [4.78, 5) is 15.6. The molecule has 1 atom stereocenters. The lowest BCUT2D eigenvalue weighted by Crippen LogP contribution is -2.45. The molecule has 3 rings (SSSR count). The van der Waals surface area contributed by atoms with Gasteiger partial charge in [-0.3, -0.25) is 4.79 Å². The molecule has 23 heavy (non-hydrogen) atoms. The number of nitrogens with zero attached hydrogens (tertiary/aromatic N) is 1. The quantitative estimate of drug-likeness (QED) is 0.882. The molecule has 1 N–H and O–H groups in total. The molecule has 3 heterocycles. The summed E-state index contributed by atoms with van der Waals surface area (Å²) in [5.41, 5.74) is 0.654. The van der Waals surface area contributed by atoms with Crippen LogP contribution < -0.4 is 5.32 Å². The Bertz CT molecular complexity index is 587. The first kappa shape index (κ1) is 16.3. The van der Waals surface area contributed by atoms with E-state index in [1.165, 1.54) is 11.1 Å². The highest BCUT2D eigenvalue weighted by molar-refractivity contribution is 7.09. The van der Waals surface area contributed by atoms with Gasteiger partial charge < -0.3 is 14.6 Å². The molecule has 0 unspecified atom stereocenters. The zero-order chi connectivity index (χ0) is 16.1. The molecular weight excluding hydrogens is 308 g/mol. The molecular formula is C18H24N2O2S. The number of amides is 1.